The Balaban J connectivity index is 2.78. The van der Waals surface area contributed by atoms with Gasteiger partial charge in [0.1, 0.15) is 6.61 Å². The minimum Gasteiger partial charge on any atom is -0.462 e. The topological polar surface area (TPSA) is 108 Å². The van der Waals surface area contributed by atoms with Crippen LogP contribution in [0, 0.1) is 0 Å². The van der Waals surface area contributed by atoms with Crippen LogP contribution in [0.25, 0.3) is 0 Å². The zero-order valence-corrected chi connectivity index (χ0v) is 16.5. The predicted octanol–water partition coefficient (Wildman–Crippen LogP) is 0.836. The summed E-state index contributed by atoms with van der Waals surface area (Å²) in [6.45, 7) is 2.58. The quantitative estimate of drug-likeness (QED) is 0.373. The van der Waals surface area contributed by atoms with E-state index in [0.29, 0.717) is 17.5 Å². The first kappa shape index (κ1) is 23.0. The van der Waals surface area contributed by atoms with Crippen molar-refractivity contribution in [1.82, 2.24) is 0 Å². The Kier molecular flexibility index (Phi) is 9.94. The van der Waals surface area contributed by atoms with Crippen molar-refractivity contribution in [3.63, 3.8) is 0 Å². The van der Waals surface area contributed by atoms with E-state index in [-0.39, 0.29) is 31.1 Å². The molecule has 27 heavy (non-hydrogen) atoms. The van der Waals surface area contributed by atoms with Crippen LogP contribution in [0.2, 0.25) is 0 Å². The average molecular weight is 403 g/mol. The zero-order chi connectivity index (χ0) is 20.3. The fourth-order valence-corrected chi connectivity index (χ4v) is 2.99. The first-order valence-corrected chi connectivity index (χ1v) is 10.1. The second kappa shape index (κ2) is 11.7. The first-order chi connectivity index (χ1) is 12.8. The largest absolute Gasteiger partial charge is 0.462 e. The summed E-state index contributed by atoms with van der Waals surface area (Å²) in [5.41, 5.74) is 0.177. The van der Waals surface area contributed by atoms with Crippen molar-refractivity contribution < 1.29 is 37.0 Å². The molecular weight excluding hydrogens is 378 g/mol. The highest BCUT2D eigenvalue weighted by atomic mass is 32.2. The molecule has 0 atom stereocenters. The molecular formula is C17H25NO8S. The normalized spacial score (nSPS) is 11.2. The third-order valence-electron chi connectivity index (χ3n) is 3.18. The molecule has 0 aliphatic heterocycles. The highest BCUT2D eigenvalue weighted by molar-refractivity contribution is 7.92. The van der Waals surface area contributed by atoms with Crippen molar-refractivity contribution in [3.05, 3.63) is 29.8 Å². The van der Waals surface area contributed by atoms with Gasteiger partial charge >= 0.3 is 5.97 Å². The van der Waals surface area contributed by atoms with Crippen LogP contribution in [-0.4, -0.2) is 73.3 Å². The number of nitrogens with zero attached hydrogens (tertiary/aromatic N) is 1. The van der Waals surface area contributed by atoms with Gasteiger partial charge in [-0.05, 0) is 25.1 Å². The molecule has 9 nitrogen and oxygen atoms in total. The summed E-state index contributed by atoms with van der Waals surface area (Å²) < 4.78 is 44.8. The van der Waals surface area contributed by atoms with Gasteiger partial charge in [-0.25, -0.2) is 17.5 Å². The van der Waals surface area contributed by atoms with Crippen LogP contribution in [0.3, 0.4) is 0 Å². The molecule has 152 valence electrons. The third kappa shape index (κ3) is 8.04. The number of ether oxygens (including phenoxy) is 4. The second-order valence-electron chi connectivity index (χ2n) is 5.35. The molecule has 0 aliphatic rings. The van der Waals surface area contributed by atoms with Crippen LogP contribution >= 0.6 is 0 Å². The Labute approximate surface area is 159 Å². The van der Waals surface area contributed by atoms with E-state index in [4.69, 9.17) is 18.9 Å². The van der Waals surface area contributed by atoms with Crippen LogP contribution < -0.4 is 4.31 Å². The van der Waals surface area contributed by atoms with Gasteiger partial charge in [0.05, 0.1) is 50.5 Å². The van der Waals surface area contributed by atoms with Gasteiger partial charge in [0.15, 0.2) is 0 Å². The number of benzene rings is 1. The summed E-state index contributed by atoms with van der Waals surface area (Å²) in [6.07, 6.45) is 0.899. The standard InChI is InChI=1S/C17H25NO8S/c1-4-26-17(20)14-6-5-7-15(12-14)18(27(3,21)22)16(19)13-25-11-10-24-9-8-23-2/h5-7,12H,4,8-11,13H2,1-3H3. The Morgan fingerprint density at radius 1 is 1.07 bits per heavy atom. The lowest BCUT2D eigenvalue weighted by Gasteiger charge is -2.21. The van der Waals surface area contributed by atoms with Gasteiger partial charge in [-0.1, -0.05) is 6.07 Å². The van der Waals surface area contributed by atoms with E-state index >= 15 is 0 Å². The van der Waals surface area contributed by atoms with Crippen LogP contribution in [-0.2, 0) is 33.8 Å². The lowest BCUT2D eigenvalue weighted by Crippen LogP contribution is -2.39. The number of carbonyl (C=O) groups is 2. The molecule has 1 aromatic carbocycles. The van der Waals surface area contributed by atoms with Crippen molar-refractivity contribution in [3.8, 4) is 0 Å². The molecule has 0 fully saturated rings. The molecule has 0 unspecified atom stereocenters. The van der Waals surface area contributed by atoms with Crippen LogP contribution in [0.1, 0.15) is 17.3 Å². The number of anilines is 1. The van der Waals surface area contributed by atoms with Gasteiger partial charge in [0, 0.05) is 7.11 Å². The fraction of sp³-hybridized carbons (Fsp3) is 0.529. The Morgan fingerprint density at radius 2 is 1.74 bits per heavy atom. The van der Waals surface area contributed by atoms with E-state index in [0.717, 1.165) is 6.26 Å². The van der Waals surface area contributed by atoms with Gasteiger partial charge in [-0.15, -0.1) is 0 Å². The molecule has 0 aromatic heterocycles. The summed E-state index contributed by atoms with van der Waals surface area (Å²) in [6, 6.07) is 5.64. The van der Waals surface area contributed by atoms with E-state index < -0.39 is 28.5 Å². The Hall–Kier alpha value is -2.01. The molecule has 10 heteroatoms. The van der Waals surface area contributed by atoms with Gasteiger partial charge in [0.2, 0.25) is 10.0 Å². The molecule has 0 N–H and O–H groups in total. The lowest BCUT2D eigenvalue weighted by molar-refractivity contribution is -0.122. The fourth-order valence-electron chi connectivity index (χ4n) is 2.07. The monoisotopic (exact) mass is 403 g/mol. The van der Waals surface area contributed by atoms with Crippen LogP contribution in [0.4, 0.5) is 5.69 Å². The van der Waals surface area contributed by atoms with Gasteiger partial charge in [0.25, 0.3) is 5.91 Å². The first-order valence-electron chi connectivity index (χ1n) is 8.26. The number of amides is 1. The van der Waals surface area contributed by atoms with E-state index in [2.05, 4.69) is 0 Å². The molecule has 0 saturated carbocycles. The summed E-state index contributed by atoms with van der Waals surface area (Å²) in [7, 11) is -2.37. The SMILES string of the molecule is CCOC(=O)c1cccc(N(C(=O)COCCOCCOC)S(C)(=O)=O)c1. The molecule has 1 amide bonds. The van der Waals surface area contributed by atoms with E-state index in [9.17, 15) is 18.0 Å². The molecule has 0 aliphatic carbocycles. The number of methoxy groups -OCH3 is 1. The van der Waals surface area contributed by atoms with Crippen molar-refractivity contribution in [2.24, 2.45) is 0 Å². The maximum absolute atomic E-state index is 12.4. The van der Waals surface area contributed by atoms with Crippen molar-refractivity contribution in [2.75, 3.05) is 57.3 Å². The lowest BCUT2D eigenvalue weighted by atomic mass is 10.2. The maximum atomic E-state index is 12.4. The van der Waals surface area contributed by atoms with Crippen molar-refractivity contribution in [2.45, 2.75) is 6.92 Å². The molecule has 0 heterocycles. The second-order valence-corrected chi connectivity index (χ2v) is 7.18. The van der Waals surface area contributed by atoms with E-state index in [1.807, 2.05) is 0 Å². The van der Waals surface area contributed by atoms with Gasteiger partial charge in [-0.3, -0.25) is 4.79 Å². The van der Waals surface area contributed by atoms with Gasteiger partial charge < -0.3 is 18.9 Å². The average Bonchev–Trinajstić information content (AvgIpc) is 2.60. The summed E-state index contributed by atoms with van der Waals surface area (Å²) in [5, 5.41) is 0. The summed E-state index contributed by atoms with van der Waals surface area (Å²) in [4.78, 5) is 24.2. The highest BCUT2D eigenvalue weighted by Gasteiger charge is 2.26. The molecule has 1 aromatic rings. The number of esters is 1. The molecule has 0 spiro atoms. The minimum atomic E-state index is -3.92. The molecule has 0 saturated heterocycles. The maximum Gasteiger partial charge on any atom is 0.338 e. The van der Waals surface area contributed by atoms with Crippen molar-refractivity contribution >= 4 is 27.6 Å². The number of carbonyl (C=O) groups excluding carboxylic acids is 2. The number of hydrogen-bond donors (Lipinski definition) is 0. The number of sulfonamides is 1. The molecule has 1 rings (SSSR count). The smallest absolute Gasteiger partial charge is 0.338 e. The molecule has 0 radical (unpaired) electrons. The third-order valence-corrected chi connectivity index (χ3v) is 4.26. The number of rotatable bonds is 12. The Morgan fingerprint density at radius 3 is 2.37 bits per heavy atom. The minimum absolute atomic E-state index is 0.0352. The highest BCUT2D eigenvalue weighted by Crippen LogP contribution is 2.20. The van der Waals surface area contributed by atoms with Crippen molar-refractivity contribution in [1.29, 1.82) is 0 Å². The summed E-state index contributed by atoms with van der Waals surface area (Å²) >= 11 is 0. The summed E-state index contributed by atoms with van der Waals surface area (Å²) in [5.74, 6) is -1.39. The predicted molar refractivity (Wildman–Crippen MR) is 98.2 cm³/mol. The Bertz CT molecular complexity index is 719. The van der Waals surface area contributed by atoms with Gasteiger partial charge in [-0.2, -0.15) is 0 Å². The number of hydrogen-bond acceptors (Lipinski definition) is 8. The zero-order valence-electron chi connectivity index (χ0n) is 15.7. The van der Waals surface area contributed by atoms with Crippen LogP contribution in [0.5, 0.6) is 0 Å². The van der Waals surface area contributed by atoms with Crippen LogP contribution in [0.15, 0.2) is 24.3 Å². The molecule has 0 bridgehead atoms. The van der Waals surface area contributed by atoms with E-state index in [1.54, 1.807) is 14.0 Å². The van der Waals surface area contributed by atoms with E-state index in [1.165, 1.54) is 24.3 Å².